The van der Waals surface area contributed by atoms with E-state index in [1.165, 1.54) is 5.43 Å². The smallest absolute Gasteiger partial charge is 0.357 e. The van der Waals surface area contributed by atoms with Crippen LogP contribution in [0.5, 0.6) is 0 Å². The summed E-state index contributed by atoms with van der Waals surface area (Å²) in [5, 5.41) is 16.4. The van der Waals surface area contributed by atoms with Crippen molar-refractivity contribution in [1.82, 2.24) is 10.4 Å². The van der Waals surface area contributed by atoms with Gasteiger partial charge in [0.15, 0.2) is 0 Å². The second-order valence-electron chi connectivity index (χ2n) is 2.26. The van der Waals surface area contributed by atoms with Gasteiger partial charge in [-0.25, -0.2) is 5.43 Å². The number of aliphatic hydroxyl groups is 2. The Morgan fingerprint density at radius 2 is 2.00 bits per heavy atom. The molecule has 0 atom stereocenters. The van der Waals surface area contributed by atoms with Gasteiger partial charge in [0.2, 0.25) is 0 Å². The number of hydrogen-bond acceptors (Lipinski definition) is 4. The lowest BCUT2D eigenvalue weighted by atomic mass is 10.3. The predicted molar refractivity (Wildman–Crippen MR) is 28.1 cm³/mol. The SMILES string of the molecule is O=C1N(C(F)(F)F)NCC1(O)O. The van der Waals surface area contributed by atoms with Crippen molar-refractivity contribution in [2.24, 2.45) is 0 Å². The van der Waals surface area contributed by atoms with Gasteiger partial charge >= 0.3 is 12.2 Å². The Balaban J connectivity index is 2.82. The fourth-order valence-electron chi connectivity index (χ4n) is 0.721. The van der Waals surface area contributed by atoms with Crippen LogP contribution in [0, 0.1) is 0 Å². The Morgan fingerprint density at radius 3 is 2.17 bits per heavy atom. The summed E-state index contributed by atoms with van der Waals surface area (Å²) in [7, 11) is 0. The second-order valence-corrected chi connectivity index (χ2v) is 2.26. The molecule has 0 bridgehead atoms. The van der Waals surface area contributed by atoms with Crippen LogP contribution in [0.15, 0.2) is 0 Å². The van der Waals surface area contributed by atoms with Crippen molar-refractivity contribution in [2.45, 2.75) is 12.1 Å². The van der Waals surface area contributed by atoms with Crippen molar-refractivity contribution in [3.63, 3.8) is 0 Å². The van der Waals surface area contributed by atoms with Crippen LogP contribution in [-0.4, -0.2) is 39.8 Å². The van der Waals surface area contributed by atoms with Crippen LogP contribution >= 0.6 is 0 Å². The largest absolute Gasteiger partial charge is 0.501 e. The van der Waals surface area contributed by atoms with Crippen LogP contribution in [0.25, 0.3) is 0 Å². The summed E-state index contributed by atoms with van der Waals surface area (Å²) in [5.74, 6) is -4.79. The Kier molecular flexibility index (Phi) is 1.78. The summed E-state index contributed by atoms with van der Waals surface area (Å²) < 4.78 is 35.3. The summed E-state index contributed by atoms with van der Waals surface area (Å²) in [6, 6.07) is 0. The van der Waals surface area contributed by atoms with E-state index in [-0.39, 0.29) is 0 Å². The molecule has 1 aliphatic heterocycles. The monoisotopic (exact) mass is 186 g/mol. The molecule has 0 saturated carbocycles. The second kappa shape index (κ2) is 2.31. The van der Waals surface area contributed by atoms with E-state index in [4.69, 9.17) is 10.2 Å². The number of alkyl halides is 3. The molecule has 1 saturated heterocycles. The number of carbonyl (C=O) groups is 1. The molecule has 1 fully saturated rings. The molecule has 0 unspecified atom stereocenters. The molecule has 1 rings (SSSR count). The van der Waals surface area contributed by atoms with Crippen LogP contribution in [0.4, 0.5) is 13.2 Å². The molecule has 1 heterocycles. The number of halogens is 3. The van der Waals surface area contributed by atoms with E-state index < -0.39 is 29.5 Å². The standard InChI is InChI=1S/C4H5F3N2O3/c5-4(6,7)9-2(10)3(11,12)1-8-9/h8,11-12H,1H2. The minimum atomic E-state index is -4.94. The zero-order valence-corrected chi connectivity index (χ0v) is 5.59. The summed E-state index contributed by atoms with van der Waals surface area (Å²) in [5.41, 5.74) is 1.50. The number of carbonyl (C=O) groups excluding carboxylic acids is 1. The molecule has 12 heavy (non-hydrogen) atoms. The van der Waals surface area contributed by atoms with Gasteiger partial charge in [0.1, 0.15) is 0 Å². The van der Waals surface area contributed by atoms with Gasteiger partial charge in [0.25, 0.3) is 5.79 Å². The fraction of sp³-hybridized carbons (Fsp3) is 0.750. The van der Waals surface area contributed by atoms with E-state index in [0.717, 1.165) is 0 Å². The number of hydrazine groups is 1. The zero-order chi connectivity index (χ0) is 9.57. The molecule has 1 amide bonds. The van der Waals surface area contributed by atoms with Gasteiger partial charge < -0.3 is 10.2 Å². The quantitative estimate of drug-likeness (QED) is 0.319. The molecule has 0 radical (unpaired) electrons. The lowest BCUT2D eigenvalue weighted by molar-refractivity contribution is -0.254. The summed E-state index contributed by atoms with van der Waals surface area (Å²) in [6.07, 6.45) is -4.94. The Morgan fingerprint density at radius 1 is 1.50 bits per heavy atom. The first kappa shape index (κ1) is 9.23. The van der Waals surface area contributed by atoms with Crippen molar-refractivity contribution in [3.8, 4) is 0 Å². The minimum absolute atomic E-state index is 0.771. The lowest BCUT2D eigenvalue weighted by Gasteiger charge is -2.18. The summed E-state index contributed by atoms with van der Waals surface area (Å²) >= 11 is 0. The maximum absolute atomic E-state index is 11.8. The first-order chi connectivity index (χ1) is 5.25. The van der Waals surface area contributed by atoms with Crippen molar-refractivity contribution in [1.29, 1.82) is 0 Å². The number of amides is 1. The summed E-state index contributed by atoms with van der Waals surface area (Å²) in [4.78, 5) is 10.5. The van der Waals surface area contributed by atoms with Gasteiger partial charge in [0.05, 0.1) is 6.54 Å². The molecule has 8 heteroatoms. The molecule has 70 valence electrons. The Labute approximate surface area is 64.4 Å². The maximum atomic E-state index is 11.8. The predicted octanol–water partition coefficient (Wildman–Crippen LogP) is -1.47. The highest BCUT2D eigenvalue weighted by molar-refractivity contribution is 5.85. The van der Waals surface area contributed by atoms with Crippen molar-refractivity contribution in [3.05, 3.63) is 0 Å². The highest BCUT2D eigenvalue weighted by Gasteiger charge is 2.54. The molecule has 0 aromatic carbocycles. The lowest BCUT2D eigenvalue weighted by Crippen LogP contribution is -2.48. The van der Waals surface area contributed by atoms with Crippen molar-refractivity contribution >= 4 is 5.91 Å². The Hall–Kier alpha value is -0.860. The van der Waals surface area contributed by atoms with E-state index in [2.05, 4.69) is 0 Å². The van der Waals surface area contributed by atoms with Gasteiger partial charge in [-0.15, -0.1) is 13.2 Å². The van der Waals surface area contributed by atoms with Crippen LogP contribution in [0.1, 0.15) is 0 Å². The van der Waals surface area contributed by atoms with Gasteiger partial charge in [-0.3, -0.25) is 4.79 Å². The molecule has 5 nitrogen and oxygen atoms in total. The topological polar surface area (TPSA) is 72.8 Å². The average molecular weight is 186 g/mol. The third-order valence-corrected chi connectivity index (χ3v) is 1.28. The van der Waals surface area contributed by atoms with Crippen molar-refractivity contribution in [2.75, 3.05) is 6.54 Å². The molecule has 0 aliphatic carbocycles. The zero-order valence-electron chi connectivity index (χ0n) is 5.59. The molecule has 3 N–H and O–H groups in total. The normalized spacial score (nSPS) is 23.4. The third kappa shape index (κ3) is 1.36. The molecule has 0 spiro atoms. The third-order valence-electron chi connectivity index (χ3n) is 1.28. The highest BCUT2D eigenvalue weighted by atomic mass is 19.4. The van der Waals surface area contributed by atoms with Gasteiger partial charge in [-0.2, -0.15) is 5.01 Å². The number of hydrogen-bond donors (Lipinski definition) is 3. The highest BCUT2D eigenvalue weighted by Crippen LogP contribution is 2.25. The molecule has 1 aliphatic rings. The first-order valence-corrected chi connectivity index (χ1v) is 2.85. The molecular weight excluding hydrogens is 181 g/mol. The van der Waals surface area contributed by atoms with Crippen LogP contribution in [0.3, 0.4) is 0 Å². The molecular formula is C4H5F3N2O3. The van der Waals surface area contributed by atoms with E-state index >= 15 is 0 Å². The Bertz CT molecular complexity index is 214. The summed E-state index contributed by atoms with van der Waals surface area (Å²) in [6.45, 7) is -0.870. The van der Waals surface area contributed by atoms with Gasteiger partial charge in [-0.05, 0) is 0 Å². The number of nitrogens with zero attached hydrogens (tertiary/aromatic N) is 1. The van der Waals surface area contributed by atoms with Crippen molar-refractivity contribution < 1.29 is 28.2 Å². The first-order valence-electron chi connectivity index (χ1n) is 2.85. The van der Waals surface area contributed by atoms with Crippen LogP contribution in [0.2, 0.25) is 0 Å². The van der Waals surface area contributed by atoms with E-state index in [1.54, 1.807) is 0 Å². The number of nitrogens with one attached hydrogen (secondary N) is 1. The molecule has 0 aromatic rings. The fourth-order valence-corrected chi connectivity index (χ4v) is 0.721. The van der Waals surface area contributed by atoms with Gasteiger partial charge in [0, 0.05) is 0 Å². The van der Waals surface area contributed by atoms with E-state index in [1.807, 2.05) is 0 Å². The van der Waals surface area contributed by atoms with E-state index in [0.29, 0.717) is 0 Å². The number of rotatable bonds is 0. The van der Waals surface area contributed by atoms with Crippen LogP contribution < -0.4 is 5.43 Å². The molecule has 0 aromatic heterocycles. The van der Waals surface area contributed by atoms with E-state index in [9.17, 15) is 18.0 Å². The number of β-amino-alcohol motifs (C(OH)–C–C–N with tert-alkyl or cyclic N) is 2. The average Bonchev–Trinajstić information content (AvgIpc) is 2.06. The van der Waals surface area contributed by atoms with Crippen LogP contribution in [-0.2, 0) is 4.79 Å². The maximum Gasteiger partial charge on any atom is 0.501 e. The van der Waals surface area contributed by atoms with Gasteiger partial charge in [-0.1, -0.05) is 0 Å². The minimum Gasteiger partial charge on any atom is -0.357 e.